The monoisotopic (exact) mass is 359 g/mol. The van der Waals surface area contributed by atoms with E-state index in [0.29, 0.717) is 23.6 Å². The van der Waals surface area contributed by atoms with Crippen LogP contribution in [0.4, 0.5) is 0 Å². The predicted octanol–water partition coefficient (Wildman–Crippen LogP) is 4.12. The molecule has 3 rings (SSSR count). The molecule has 0 saturated carbocycles. The molecule has 0 aliphatic carbocycles. The minimum Gasteiger partial charge on any atom is -0.352 e. The van der Waals surface area contributed by atoms with Crippen LogP contribution in [0.1, 0.15) is 27.9 Å². The van der Waals surface area contributed by atoms with Crippen molar-refractivity contribution in [3.63, 3.8) is 0 Å². The Hall–Kier alpha value is -2.11. The van der Waals surface area contributed by atoms with Gasteiger partial charge in [-0.2, -0.15) is 5.10 Å². The van der Waals surface area contributed by atoms with Crippen molar-refractivity contribution < 1.29 is 4.79 Å². The lowest BCUT2D eigenvalue weighted by atomic mass is 10.2. The van der Waals surface area contributed by atoms with Crippen molar-refractivity contribution in [2.24, 2.45) is 0 Å². The van der Waals surface area contributed by atoms with Crippen LogP contribution in [0.5, 0.6) is 0 Å². The Morgan fingerprint density at radius 2 is 2.21 bits per heavy atom. The number of hydrogen-bond acceptors (Lipinski definition) is 3. The molecule has 1 N–H and O–H groups in total. The number of carbonyl (C=O) groups excluding carboxylic acids is 1. The molecule has 0 fully saturated rings. The van der Waals surface area contributed by atoms with E-state index in [4.69, 9.17) is 11.6 Å². The zero-order valence-corrected chi connectivity index (χ0v) is 14.9. The molecule has 0 aliphatic rings. The van der Waals surface area contributed by atoms with E-state index in [0.717, 1.165) is 17.8 Å². The van der Waals surface area contributed by atoms with Gasteiger partial charge in [-0.05, 0) is 42.5 Å². The Morgan fingerprint density at radius 3 is 2.92 bits per heavy atom. The predicted molar refractivity (Wildman–Crippen MR) is 98.3 cm³/mol. The molecule has 24 heavy (non-hydrogen) atoms. The second-order valence-corrected chi connectivity index (χ2v) is 6.80. The highest BCUT2D eigenvalue weighted by atomic mass is 35.5. The lowest BCUT2D eigenvalue weighted by Gasteiger charge is -2.08. The molecule has 0 atom stereocenters. The van der Waals surface area contributed by atoms with Gasteiger partial charge in [0.1, 0.15) is 0 Å². The molecule has 0 unspecified atom stereocenters. The van der Waals surface area contributed by atoms with Crippen molar-refractivity contribution in [1.82, 2.24) is 15.1 Å². The fraction of sp³-hybridized carbons (Fsp3) is 0.222. The van der Waals surface area contributed by atoms with Crippen molar-refractivity contribution in [1.29, 1.82) is 0 Å². The van der Waals surface area contributed by atoms with E-state index in [9.17, 15) is 4.79 Å². The molecule has 2 aromatic heterocycles. The molecular weight excluding hydrogens is 342 g/mol. The number of nitrogens with zero attached hydrogens (tertiary/aromatic N) is 2. The van der Waals surface area contributed by atoms with Crippen molar-refractivity contribution in [2.75, 3.05) is 6.54 Å². The zero-order valence-electron chi connectivity index (χ0n) is 13.3. The highest BCUT2D eigenvalue weighted by molar-refractivity contribution is 7.09. The first kappa shape index (κ1) is 16.7. The molecule has 1 amide bonds. The first-order valence-corrected chi connectivity index (χ1v) is 9.08. The Labute approximate surface area is 150 Å². The summed E-state index contributed by atoms with van der Waals surface area (Å²) in [5, 5.41) is 10.0. The first-order valence-electron chi connectivity index (χ1n) is 7.82. The van der Waals surface area contributed by atoms with Gasteiger partial charge in [0.25, 0.3) is 5.91 Å². The van der Waals surface area contributed by atoms with Crippen LogP contribution >= 0.6 is 22.9 Å². The molecule has 3 aromatic rings. The quantitative estimate of drug-likeness (QED) is 0.719. The van der Waals surface area contributed by atoms with Crippen molar-refractivity contribution in [3.05, 3.63) is 69.1 Å². The number of amides is 1. The van der Waals surface area contributed by atoms with Gasteiger partial charge < -0.3 is 5.32 Å². The summed E-state index contributed by atoms with van der Waals surface area (Å²) in [6.45, 7) is 2.63. The summed E-state index contributed by atoms with van der Waals surface area (Å²) >= 11 is 7.76. The summed E-state index contributed by atoms with van der Waals surface area (Å²) in [7, 11) is 0. The fourth-order valence-corrected chi connectivity index (χ4v) is 3.48. The Morgan fingerprint density at radius 1 is 1.33 bits per heavy atom. The Bertz CT molecular complexity index is 827. The van der Waals surface area contributed by atoms with Crippen molar-refractivity contribution >= 4 is 28.8 Å². The van der Waals surface area contributed by atoms with Gasteiger partial charge in [0, 0.05) is 16.4 Å². The van der Waals surface area contributed by atoms with Crippen molar-refractivity contribution in [3.8, 4) is 5.69 Å². The summed E-state index contributed by atoms with van der Waals surface area (Å²) in [5.74, 6) is -0.0864. The third-order valence-corrected chi connectivity index (χ3v) is 4.91. The molecular formula is C18H18ClN3OS. The van der Waals surface area contributed by atoms with E-state index < -0.39 is 0 Å². The number of aromatic nitrogens is 2. The van der Waals surface area contributed by atoms with Crippen LogP contribution in [-0.4, -0.2) is 22.2 Å². The van der Waals surface area contributed by atoms with Gasteiger partial charge in [-0.25, -0.2) is 4.68 Å². The van der Waals surface area contributed by atoms with E-state index in [2.05, 4.69) is 16.5 Å². The largest absolute Gasteiger partial charge is 0.352 e. The highest BCUT2D eigenvalue weighted by Crippen LogP contribution is 2.19. The van der Waals surface area contributed by atoms with Crippen LogP contribution in [0.3, 0.4) is 0 Å². The number of halogens is 1. The topological polar surface area (TPSA) is 46.9 Å². The van der Waals surface area contributed by atoms with Gasteiger partial charge in [0.15, 0.2) is 0 Å². The molecule has 0 spiro atoms. The summed E-state index contributed by atoms with van der Waals surface area (Å²) < 4.78 is 1.78. The number of thiophene rings is 1. The normalized spacial score (nSPS) is 10.8. The molecule has 6 heteroatoms. The molecule has 124 valence electrons. The lowest BCUT2D eigenvalue weighted by molar-refractivity contribution is 0.0953. The summed E-state index contributed by atoms with van der Waals surface area (Å²) in [5.41, 5.74) is 2.35. The number of nitrogens with one attached hydrogen (secondary N) is 1. The fourth-order valence-electron chi connectivity index (χ4n) is 2.58. The van der Waals surface area contributed by atoms with Gasteiger partial charge in [-0.1, -0.05) is 30.7 Å². The van der Waals surface area contributed by atoms with E-state index in [1.165, 1.54) is 4.88 Å². The van der Waals surface area contributed by atoms with E-state index in [1.807, 2.05) is 42.6 Å². The van der Waals surface area contributed by atoms with Gasteiger partial charge in [0.2, 0.25) is 0 Å². The minimum absolute atomic E-state index is 0.0864. The second-order valence-electron chi connectivity index (χ2n) is 5.34. The SMILES string of the molecule is CCc1c(C(=O)NCCc2cccs2)cnn1-c1cccc(Cl)c1. The highest BCUT2D eigenvalue weighted by Gasteiger charge is 2.17. The van der Waals surface area contributed by atoms with Crippen LogP contribution in [0.15, 0.2) is 48.0 Å². The van der Waals surface area contributed by atoms with E-state index in [-0.39, 0.29) is 5.91 Å². The Kier molecular flexibility index (Phi) is 5.33. The number of rotatable bonds is 6. The van der Waals surface area contributed by atoms with Crippen LogP contribution in [-0.2, 0) is 12.8 Å². The molecule has 2 heterocycles. The maximum atomic E-state index is 12.5. The third kappa shape index (κ3) is 3.68. The second kappa shape index (κ2) is 7.64. The van der Waals surface area contributed by atoms with Gasteiger partial charge in [-0.3, -0.25) is 4.79 Å². The third-order valence-electron chi connectivity index (χ3n) is 3.74. The minimum atomic E-state index is -0.0864. The summed E-state index contributed by atoms with van der Waals surface area (Å²) in [6.07, 6.45) is 3.17. The van der Waals surface area contributed by atoms with Crippen LogP contribution < -0.4 is 5.32 Å². The Balaban J connectivity index is 1.74. The lowest BCUT2D eigenvalue weighted by Crippen LogP contribution is -2.26. The number of benzene rings is 1. The average molecular weight is 360 g/mol. The van der Waals surface area contributed by atoms with Crippen LogP contribution in [0.2, 0.25) is 5.02 Å². The number of carbonyl (C=O) groups is 1. The molecule has 0 bridgehead atoms. The molecule has 1 aromatic carbocycles. The first-order chi connectivity index (χ1) is 11.7. The maximum absolute atomic E-state index is 12.5. The van der Waals surface area contributed by atoms with E-state index >= 15 is 0 Å². The zero-order chi connectivity index (χ0) is 16.9. The molecule has 0 aliphatic heterocycles. The standard InChI is InChI=1S/C18H18ClN3OS/c1-2-17-16(18(23)20-9-8-15-7-4-10-24-15)12-21-22(17)14-6-3-5-13(19)11-14/h3-7,10-12H,2,8-9H2,1H3,(H,20,23). The summed E-state index contributed by atoms with van der Waals surface area (Å²) in [4.78, 5) is 13.7. The molecule has 0 saturated heterocycles. The average Bonchev–Trinajstić information content (AvgIpc) is 3.23. The van der Waals surface area contributed by atoms with Crippen LogP contribution in [0, 0.1) is 0 Å². The van der Waals surface area contributed by atoms with Crippen LogP contribution in [0.25, 0.3) is 5.69 Å². The molecule has 4 nitrogen and oxygen atoms in total. The van der Waals surface area contributed by atoms with E-state index in [1.54, 1.807) is 22.2 Å². The van der Waals surface area contributed by atoms with Gasteiger partial charge in [-0.15, -0.1) is 11.3 Å². The maximum Gasteiger partial charge on any atom is 0.254 e. The van der Waals surface area contributed by atoms with Gasteiger partial charge >= 0.3 is 0 Å². The number of hydrogen-bond donors (Lipinski definition) is 1. The molecule has 0 radical (unpaired) electrons. The van der Waals surface area contributed by atoms with Gasteiger partial charge in [0.05, 0.1) is 23.1 Å². The van der Waals surface area contributed by atoms with Crippen molar-refractivity contribution in [2.45, 2.75) is 19.8 Å². The summed E-state index contributed by atoms with van der Waals surface area (Å²) in [6, 6.07) is 11.6. The smallest absolute Gasteiger partial charge is 0.254 e.